The van der Waals surface area contributed by atoms with Crippen LogP contribution in [0.5, 0.6) is 0 Å². The van der Waals surface area contributed by atoms with Gasteiger partial charge in [0.05, 0.1) is 0 Å². The summed E-state index contributed by atoms with van der Waals surface area (Å²) >= 11 is 0. The summed E-state index contributed by atoms with van der Waals surface area (Å²) in [4.78, 5) is 3.36. The van der Waals surface area contributed by atoms with Crippen LogP contribution < -0.4 is 5.32 Å². The zero-order chi connectivity index (χ0) is 11.9. The van der Waals surface area contributed by atoms with Crippen molar-refractivity contribution >= 4 is 10.9 Å². The van der Waals surface area contributed by atoms with E-state index in [1.165, 1.54) is 42.1 Å². The van der Waals surface area contributed by atoms with Gasteiger partial charge in [-0.15, -0.1) is 0 Å². The highest BCUT2D eigenvalue weighted by molar-refractivity contribution is 5.82. The molecule has 0 saturated heterocycles. The highest BCUT2D eigenvalue weighted by Gasteiger charge is 2.38. The fourth-order valence-electron chi connectivity index (χ4n) is 4.01. The second kappa shape index (κ2) is 4.13. The average molecular weight is 240 g/mol. The van der Waals surface area contributed by atoms with E-state index in [2.05, 4.69) is 40.8 Å². The molecule has 0 spiro atoms. The highest BCUT2D eigenvalue weighted by Crippen LogP contribution is 2.44. The first-order chi connectivity index (χ1) is 8.90. The van der Waals surface area contributed by atoms with Gasteiger partial charge in [0.15, 0.2) is 0 Å². The number of aromatic nitrogens is 1. The molecule has 18 heavy (non-hydrogen) atoms. The molecule has 0 radical (unpaired) electrons. The third-order valence-electron chi connectivity index (χ3n) is 4.97. The molecule has 2 aliphatic rings. The number of para-hydroxylation sites is 1. The number of benzene rings is 1. The molecule has 2 fully saturated rings. The first-order valence-electron chi connectivity index (χ1n) is 7.18. The maximum atomic E-state index is 3.79. The van der Waals surface area contributed by atoms with Crippen molar-refractivity contribution in [2.45, 2.75) is 38.3 Å². The second-order valence-corrected chi connectivity index (χ2v) is 6.02. The smallest absolute Gasteiger partial charge is 0.0457 e. The predicted octanol–water partition coefficient (Wildman–Crippen LogP) is 3.45. The lowest BCUT2D eigenvalue weighted by Crippen LogP contribution is -2.33. The van der Waals surface area contributed by atoms with E-state index in [1.54, 1.807) is 0 Å². The van der Waals surface area contributed by atoms with Crippen molar-refractivity contribution < 1.29 is 0 Å². The van der Waals surface area contributed by atoms with E-state index in [-0.39, 0.29) is 0 Å². The van der Waals surface area contributed by atoms with Crippen molar-refractivity contribution in [2.24, 2.45) is 11.8 Å². The molecule has 1 heterocycles. The van der Waals surface area contributed by atoms with Gasteiger partial charge in [0.2, 0.25) is 0 Å². The first-order valence-corrected chi connectivity index (χ1v) is 7.18. The van der Waals surface area contributed by atoms with Gasteiger partial charge in [-0.3, -0.25) is 0 Å². The Kier molecular flexibility index (Phi) is 2.44. The molecule has 0 amide bonds. The van der Waals surface area contributed by atoms with Crippen LogP contribution in [0.1, 0.15) is 31.2 Å². The van der Waals surface area contributed by atoms with Gasteiger partial charge < -0.3 is 10.3 Å². The Morgan fingerprint density at radius 2 is 2.11 bits per heavy atom. The zero-order valence-corrected chi connectivity index (χ0v) is 10.7. The SMILES string of the molecule is c1ccc2c(CNC3CC4CCC3C4)c[nH]c2c1. The molecular weight excluding hydrogens is 220 g/mol. The van der Waals surface area contributed by atoms with Crippen LogP contribution in [0, 0.1) is 11.8 Å². The van der Waals surface area contributed by atoms with Gasteiger partial charge >= 0.3 is 0 Å². The normalized spacial score (nSPS) is 30.3. The lowest BCUT2D eigenvalue weighted by molar-refractivity contribution is 0.351. The van der Waals surface area contributed by atoms with Crippen LogP contribution >= 0.6 is 0 Å². The topological polar surface area (TPSA) is 27.8 Å². The van der Waals surface area contributed by atoms with Crippen LogP contribution in [0.4, 0.5) is 0 Å². The lowest BCUT2D eigenvalue weighted by Gasteiger charge is -2.22. The van der Waals surface area contributed by atoms with E-state index in [0.717, 1.165) is 24.4 Å². The molecule has 3 atom stereocenters. The van der Waals surface area contributed by atoms with E-state index in [1.807, 2.05) is 0 Å². The zero-order valence-electron chi connectivity index (χ0n) is 10.7. The molecule has 4 rings (SSSR count). The molecule has 1 aromatic carbocycles. The third-order valence-corrected chi connectivity index (χ3v) is 4.97. The minimum Gasteiger partial charge on any atom is -0.361 e. The maximum absolute atomic E-state index is 3.79. The predicted molar refractivity (Wildman–Crippen MR) is 74.4 cm³/mol. The number of hydrogen-bond donors (Lipinski definition) is 2. The van der Waals surface area contributed by atoms with Gasteiger partial charge in [-0.25, -0.2) is 0 Å². The molecule has 2 N–H and O–H groups in total. The summed E-state index contributed by atoms with van der Waals surface area (Å²) in [5, 5.41) is 5.16. The fourth-order valence-corrected chi connectivity index (χ4v) is 4.01. The molecule has 2 aliphatic carbocycles. The van der Waals surface area contributed by atoms with Gasteiger partial charge in [-0.1, -0.05) is 24.6 Å². The van der Waals surface area contributed by atoms with Crippen LogP contribution in [0.2, 0.25) is 0 Å². The largest absolute Gasteiger partial charge is 0.361 e. The van der Waals surface area contributed by atoms with Gasteiger partial charge in [-0.2, -0.15) is 0 Å². The molecule has 94 valence electrons. The Bertz CT molecular complexity index is 557. The van der Waals surface area contributed by atoms with Crippen LogP contribution in [0.25, 0.3) is 10.9 Å². The minimum atomic E-state index is 0.775. The monoisotopic (exact) mass is 240 g/mol. The fraction of sp³-hybridized carbons (Fsp3) is 0.500. The number of rotatable bonds is 3. The lowest BCUT2D eigenvalue weighted by atomic mass is 9.95. The molecular formula is C16H20N2. The number of nitrogens with one attached hydrogen (secondary N) is 2. The van der Waals surface area contributed by atoms with Crippen molar-refractivity contribution in [1.29, 1.82) is 0 Å². The summed E-state index contributed by atoms with van der Waals surface area (Å²) in [5.74, 6) is 1.98. The van der Waals surface area contributed by atoms with E-state index in [9.17, 15) is 0 Å². The Hall–Kier alpha value is -1.28. The Labute approximate surface area is 108 Å². The van der Waals surface area contributed by atoms with Gasteiger partial charge in [0.1, 0.15) is 0 Å². The third kappa shape index (κ3) is 1.67. The molecule has 2 saturated carbocycles. The van der Waals surface area contributed by atoms with E-state index in [0.29, 0.717) is 0 Å². The molecule has 1 aromatic heterocycles. The second-order valence-electron chi connectivity index (χ2n) is 6.02. The van der Waals surface area contributed by atoms with Crippen molar-refractivity contribution in [3.8, 4) is 0 Å². The first kappa shape index (κ1) is 10.6. The summed E-state index contributed by atoms with van der Waals surface area (Å²) in [6.07, 6.45) is 7.98. The molecule has 0 aliphatic heterocycles. The molecule has 2 nitrogen and oxygen atoms in total. The van der Waals surface area contributed by atoms with Crippen LogP contribution in [0.15, 0.2) is 30.5 Å². The summed E-state index contributed by atoms with van der Waals surface area (Å²) in [5.41, 5.74) is 2.66. The van der Waals surface area contributed by atoms with E-state index >= 15 is 0 Å². The number of hydrogen-bond acceptors (Lipinski definition) is 1. The molecule has 2 heteroatoms. The van der Waals surface area contributed by atoms with Crippen LogP contribution in [0.3, 0.4) is 0 Å². The van der Waals surface area contributed by atoms with Crippen LogP contribution in [-0.2, 0) is 6.54 Å². The standard InChI is InChI=1S/C16H20N2/c1-2-4-15-14(3-1)13(9-17-15)10-18-16-8-11-5-6-12(16)7-11/h1-4,9,11-12,16-18H,5-8,10H2. The average Bonchev–Trinajstić information content (AvgIpc) is 3.11. The molecule has 3 unspecified atom stereocenters. The Morgan fingerprint density at radius 1 is 1.17 bits per heavy atom. The quantitative estimate of drug-likeness (QED) is 0.845. The van der Waals surface area contributed by atoms with E-state index < -0.39 is 0 Å². The Balaban J connectivity index is 1.48. The van der Waals surface area contributed by atoms with Gasteiger partial charge in [-0.05, 0) is 42.7 Å². The van der Waals surface area contributed by atoms with Gasteiger partial charge in [0, 0.05) is 29.7 Å². The van der Waals surface area contributed by atoms with Crippen molar-refractivity contribution in [3.05, 3.63) is 36.0 Å². The van der Waals surface area contributed by atoms with Crippen molar-refractivity contribution in [3.63, 3.8) is 0 Å². The van der Waals surface area contributed by atoms with Crippen molar-refractivity contribution in [2.75, 3.05) is 0 Å². The molecule has 2 bridgehead atoms. The maximum Gasteiger partial charge on any atom is 0.0457 e. The van der Waals surface area contributed by atoms with Gasteiger partial charge in [0.25, 0.3) is 0 Å². The van der Waals surface area contributed by atoms with Crippen molar-refractivity contribution in [1.82, 2.24) is 10.3 Å². The number of fused-ring (bicyclic) bond motifs is 3. The Morgan fingerprint density at radius 3 is 2.94 bits per heavy atom. The minimum absolute atomic E-state index is 0.775. The molecule has 2 aromatic rings. The summed E-state index contributed by atoms with van der Waals surface area (Å²) in [7, 11) is 0. The highest BCUT2D eigenvalue weighted by atomic mass is 14.9. The number of H-pyrrole nitrogens is 1. The summed E-state index contributed by atoms with van der Waals surface area (Å²) < 4.78 is 0. The number of aromatic amines is 1. The summed E-state index contributed by atoms with van der Waals surface area (Å²) in [6.45, 7) is 1.01. The van der Waals surface area contributed by atoms with E-state index in [4.69, 9.17) is 0 Å². The summed E-state index contributed by atoms with van der Waals surface area (Å²) in [6, 6.07) is 9.35. The van der Waals surface area contributed by atoms with Crippen LogP contribution in [-0.4, -0.2) is 11.0 Å².